The van der Waals surface area contributed by atoms with E-state index in [2.05, 4.69) is 15.3 Å². The van der Waals surface area contributed by atoms with Gasteiger partial charge in [-0.15, -0.1) is 0 Å². The molecule has 0 unspecified atom stereocenters. The van der Waals surface area contributed by atoms with Gasteiger partial charge in [0.1, 0.15) is 0 Å². The molecule has 0 aliphatic carbocycles. The zero-order valence-corrected chi connectivity index (χ0v) is 9.24. The van der Waals surface area contributed by atoms with E-state index in [-0.39, 0.29) is 5.56 Å². The highest BCUT2D eigenvalue weighted by molar-refractivity contribution is 5.53. The molecule has 1 aromatic carbocycles. The topological polar surface area (TPSA) is 57.8 Å². The van der Waals surface area contributed by atoms with E-state index in [1.807, 2.05) is 31.2 Å². The summed E-state index contributed by atoms with van der Waals surface area (Å²) in [5.41, 5.74) is 2.58. The van der Waals surface area contributed by atoms with Crippen LogP contribution in [0.2, 0.25) is 0 Å². The molecule has 0 amide bonds. The smallest absolute Gasteiger partial charge is 0.255 e. The van der Waals surface area contributed by atoms with Gasteiger partial charge in [-0.2, -0.15) is 0 Å². The number of rotatable bonds is 2. The van der Waals surface area contributed by atoms with Gasteiger partial charge < -0.3 is 5.32 Å². The maximum absolute atomic E-state index is 11.3. The van der Waals surface area contributed by atoms with Crippen molar-refractivity contribution in [1.82, 2.24) is 9.97 Å². The molecular weight excluding hydrogens is 202 g/mol. The zero-order valence-electron chi connectivity index (χ0n) is 9.24. The number of benzene rings is 1. The van der Waals surface area contributed by atoms with Crippen molar-refractivity contribution < 1.29 is 0 Å². The average molecular weight is 215 g/mol. The third-order valence-electron chi connectivity index (χ3n) is 2.29. The van der Waals surface area contributed by atoms with Crippen molar-refractivity contribution in [1.29, 1.82) is 0 Å². The lowest BCUT2D eigenvalue weighted by molar-refractivity contribution is 1.08. The quantitative estimate of drug-likeness (QED) is 0.806. The third-order valence-corrected chi connectivity index (χ3v) is 2.29. The molecule has 0 atom stereocenters. The van der Waals surface area contributed by atoms with Crippen molar-refractivity contribution in [3.63, 3.8) is 0 Å². The van der Waals surface area contributed by atoms with Crippen LogP contribution in [0, 0.1) is 13.8 Å². The summed E-state index contributed by atoms with van der Waals surface area (Å²) in [6.45, 7) is 3.75. The van der Waals surface area contributed by atoms with E-state index in [4.69, 9.17) is 0 Å². The summed E-state index contributed by atoms with van der Waals surface area (Å²) in [6, 6.07) is 7.87. The van der Waals surface area contributed by atoms with Gasteiger partial charge in [0.2, 0.25) is 5.95 Å². The molecule has 0 spiro atoms. The van der Waals surface area contributed by atoms with E-state index in [0.717, 1.165) is 5.69 Å². The van der Waals surface area contributed by atoms with Gasteiger partial charge in [-0.05, 0) is 26.0 Å². The summed E-state index contributed by atoms with van der Waals surface area (Å²) in [4.78, 5) is 18.1. The van der Waals surface area contributed by atoms with Crippen LogP contribution < -0.4 is 10.9 Å². The van der Waals surface area contributed by atoms with Gasteiger partial charge >= 0.3 is 0 Å². The molecule has 0 bridgehead atoms. The molecular formula is C12H13N3O. The first-order valence-electron chi connectivity index (χ1n) is 5.05. The predicted octanol–water partition coefficient (Wildman–Crippen LogP) is 2.13. The number of anilines is 2. The highest BCUT2D eigenvalue weighted by Crippen LogP contribution is 2.12. The molecule has 0 radical (unpaired) electrons. The van der Waals surface area contributed by atoms with Crippen molar-refractivity contribution in [3.05, 3.63) is 51.9 Å². The van der Waals surface area contributed by atoms with Crippen molar-refractivity contribution in [3.8, 4) is 0 Å². The van der Waals surface area contributed by atoms with E-state index >= 15 is 0 Å². The fourth-order valence-corrected chi connectivity index (χ4v) is 1.30. The second-order valence-corrected chi connectivity index (χ2v) is 3.73. The summed E-state index contributed by atoms with van der Waals surface area (Å²) >= 11 is 0. The standard InChI is InChI=1S/C12H13N3O/c1-8-3-5-10(6-4-8)14-12-13-7-9(2)11(16)15-12/h3-7H,1-2H3,(H2,13,14,15,16). The van der Waals surface area contributed by atoms with Gasteiger partial charge in [-0.1, -0.05) is 17.7 Å². The maximum Gasteiger partial charge on any atom is 0.255 e. The Morgan fingerprint density at radius 2 is 1.88 bits per heavy atom. The number of nitrogens with one attached hydrogen (secondary N) is 2. The monoisotopic (exact) mass is 215 g/mol. The Morgan fingerprint density at radius 3 is 2.50 bits per heavy atom. The molecule has 4 nitrogen and oxygen atoms in total. The number of aromatic nitrogens is 2. The fourth-order valence-electron chi connectivity index (χ4n) is 1.30. The zero-order chi connectivity index (χ0) is 11.5. The van der Waals surface area contributed by atoms with Crippen molar-refractivity contribution in [2.24, 2.45) is 0 Å². The highest BCUT2D eigenvalue weighted by atomic mass is 16.1. The first kappa shape index (κ1) is 10.4. The molecule has 82 valence electrons. The first-order valence-corrected chi connectivity index (χ1v) is 5.05. The van der Waals surface area contributed by atoms with Crippen LogP contribution in [0.15, 0.2) is 35.3 Å². The number of hydrogen-bond acceptors (Lipinski definition) is 3. The van der Waals surface area contributed by atoms with Gasteiger partial charge in [0, 0.05) is 17.4 Å². The Hall–Kier alpha value is -2.10. The van der Waals surface area contributed by atoms with Gasteiger partial charge in [-0.25, -0.2) is 4.98 Å². The largest absolute Gasteiger partial charge is 0.326 e. The maximum atomic E-state index is 11.3. The normalized spacial score (nSPS) is 10.1. The van der Waals surface area contributed by atoms with E-state index in [1.165, 1.54) is 5.56 Å². The Labute approximate surface area is 93.4 Å². The molecule has 1 aromatic heterocycles. The van der Waals surface area contributed by atoms with Gasteiger partial charge in [-0.3, -0.25) is 9.78 Å². The highest BCUT2D eigenvalue weighted by Gasteiger charge is 1.98. The first-order chi connectivity index (χ1) is 7.65. The Bertz CT molecular complexity index is 543. The molecule has 0 saturated heterocycles. The molecule has 2 aromatic rings. The van der Waals surface area contributed by atoms with E-state index in [9.17, 15) is 4.79 Å². The van der Waals surface area contributed by atoms with Crippen LogP contribution in [0.3, 0.4) is 0 Å². The summed E-state index contributed by atoms with van der Waals surface area (Å²) < 4.78 is 0. The van der Waals surface area contributed by atoms with E-state index in [1.54, 1.807) is 13.1 Å². The summed E-state index contributed by atoms with van der Waals surface area (Å²) in [7, 11) is 0. The Morgan fingerprint density at radius 1 is 1.19 bits per heavy atom. The van der Waals surface area contributed by atoms with Crippen LogP contribution in [0.25, 0.3) is 0 Å². The minimum atomic E-state index is -0.121. The number of aryl methyl sites for hydroxylation is 2. The van der Waals surface area contributed by atoms with Crippen LogP contribution >= 0.6 is 0 Å². The minimum Gasteiger partial charge on any atom is -0.326 e. The lowest BCUT2D eigenvalue weighted by Gasteiger charge is -2.05. The average Bonchev–Trinajstić information content (AvgIpc) is 2.27. The number of hydrogen-bond donors (Lipinski definition) is 2. The van der Waals surface area contributed by atoms with Crippen LogP contribution in [0.5, 0.6) is 0 Å². The number of H-pyrrole nitrogens is 1. The van der Waals surface area contributed by atoms with Crippen LogP contribution in [-0.2, 0) is 0 Å². The summed E-state index contributed by atoms with van der Waals surface area (Å²) in [6.07, 6.45) is 1.55. The van der Waals surface area contributed by atoms with Gasteiger partial charge in [0.25, 0.3) is 5.56 Å². The molecule has 0 aliphatic rings. The molecule has 0 saturated carbocycles. The predicted molar refractivity (Wildman–Crippen MR) is 64.1 cm³/mol. The van der Waals surface area contributed by atoms with Crippen LogP contribution in [0.1, 0.15) is 11.1 Å². The number of nitrogens with zero attached hydrogens (tertiary/aromatic N) is 1. The Balaban J connectivity index is 2.24. The third kappa shape index (κ3) is 2.28. The molecule has 1 heterocycles. The van der Waals surface area contributed by atoms with E-state index in [0.29, 0.717) is 11.5 Å². The van der Waals surface area contributed by atoms with Gasteiger partial charge in [0.05, 0.1) is 0 Å². The lowest BCUT2D eigenvalue weighted by Crippen LogP contribution is -2.12. The lowest BCUT2D eigenvalue weighted by atomic mass is 10.2. The molecule has 2 rings (SSSR count). The van der Waals surface area contributed by atoms with Gasteiger partial charge in [0.15, 0.2) is 0 Å². The van der Waals surface area contributed by atoms with Crippen molar-refractivity contribution >= 4 is 11.6 Å². The summed E-state index contributed by atoms with van der Waals surface area (Å²) in [5.74, 6) is 0.458. The minimum absolute atomic E-state index is 0.121. The Kier molecular flexibility index (Phi) is 2.72. The molecule has 4 heteroatoms. The fraction of sp³-hybridized carbons (Fsp3) is 0.167. The van der Waals surface area contributed by atoms with Crippen molar-refractivity contribution in [2.75, 3.05) is 5.32 Å². The summed E-state index contributed by atoms with van der Waals surface area (Å²) in [5, 5.41) is 3.03. The molecule has 0 aliphatic heterocycles. The molecule has 16 heavy (non-hydrogen) atoms. The second kappa shape index (κ2) is 4.18. The van der Waals surface area contributed by atoms with Crippen LogP contribution in [-0.4, -0.2) is 9.97 Å². The van der Waals surface area contributed by atoms with E-state index < -0.39 is 0 Å². The SMILES string of the molecule is Cc1ccc(Nc2ncc(C)c(=O)[nH]2)cc1. The molecule has 2 N–H and O–H groups in total. The molecule has 0 fully saturated rings. The van der Waals surface area contributed by atoms with Crippen molar-refractivity contribution in [2.45, 2.75) is 13.8 Å². The second-order valence-electron chi connectivity index (χ2n) is 3.73. The van der Waals surface area contributed by atoms with Crippen LogP contribution in [0.4, 0.5) is 11.6 Å². The number of aromatic amines is 1.